The van der Waals surface area contributed by atoms with Gasteiger partial charge in [-0.3, -0.25) is 4.79 Å². The molecule has 0 fully saturated rings. The van der Waals surface area contributed by atoms with Crippen molar-refractivity contribution in [1.29, 1.82) is 0 Å². The molecule has 0 saturated heterocycles. The molecule has 0 aliphatic rings. The van der Waals surface area contributed by atoms with Gasteiger partial charge in [-0.2, -0.15) is 0 Å². The van der Waals surface area contributed by atoms with Crippen molar-refractivity contribution in [2.24, 2.45) is 0 Å². The predicted octanol–water partition coefficient (Wildman–Crippen LogP) is 6.31. The third kappa shape index (κ3) is 4.70. The van der Waals surface area contributed by atoms with Crippen molar-refractivity contribution >= 4 is 22.8 Å². The average molecular weight is 375 g/mol. The molecule has 29 heavy (non-hydrogen) atoms. The molecule has 0 aliphatic heterocycles. The molecule has 0 bridgehead atoms. The number of rotatable bonds is 5. The topological polar surface area (TPSA) is 20.3 Å². The van der Waals surface area contributed by atoms with Crippen LogP contribution in [0.15, 0.2) is 115 Å². The van der Waals surface area contributed by atoms with Gasteiger partial charge in [0.25, 0.3) is 5.91 Å². The summed E-state index contributed by atoms with van der Waals surface area (Å²) in [5.74, 6) is -0.0484. The lowest BCUT2D eigenvalue weighted by Gasteiger charge is -2.18. The second-order valence-electron chi connectivity index (χ2n) is 6.83. The highest BCUT2D eigenvalue weighted by Crippen LogP contribution is 2.18. The molecule has 0 radical (unpaired) electrons. The summed E-state index contributed by atoms with van der Waals surface area (Å²) in [7, 11) is 0. The molecule has 4 rings (SSSR count). The molecule has 4 aromatic carbocycles. The Morgan fingerprint density at radius 3 is 2.17 bits per heavy atom. The lowest BCUT2D eigenvalue weighted by molar-refractivity contribution is 0.0814. The maximum Gasteiger partial charge on any atom is 0.258 e. The van der Waals surface area contributed by atoms with E-state index in [0.717, 1.165) is 11.1 Å². The fraction of sp³-hybridized carbons (Fsp3) is 0.0370. The summed E-state index contributed by atoms with van der Waals surface area (Å²) >= 11 is 0. The SMILES string of the molecule is O=C(c1ccccc1)N(C=C=Cc1ccccc1)Cc1ccc2ccccc2c1. The van der Waals surface area contributed by atoms with Crippen LogP contribution in [-0.4, -0.2) is 10.8 Å². The van der Waals surface area contributed by atoms with E-state index in [4.69, 9.17) is 0 Å². The van der Waals surface area contributed by atoms with Crippen LogP contribution in [0.5, 0.6) is 0 Å². The number of hydrogen-bond acceptors (Lipinski definition) is 1. The summed E-state index contributed by atoms with van der Waals surface area (Å²) in [5, 5.41) is 2.36. The standard InChI is InChI=1S/C27H21NO/c29-27(25-14-5-2-6-15-25)28(19-9-12-22-10-3-1-4-11-22)21-23-17-18-24-13-7-8-16-26(24)20-23/h1-8,10-20H,21H2. The quantitative estimate of drug-likeness (QED) is 0.374. The Hall–Kier alpha value is -3.87. The average Bonchev–Trinajstić information content (AvgIpc) is 2.79. The number of fused-ring (bicyclic) bond motifs is 1. The summed E-state index contributed by atoms with van der Waals surface area (Å²) in [6.07, 6.45) is 3.61. The summed E-state index contributed by atoms with van der Waals surface area (Å²) in [5.41, 5.74) is 5.94. The minimum absolute atomic E-state index is 0.0484. The van der Waals surface area contributed by atoms with E-state index in [1.54, 1.807) is 11.1 Å². The van der Waals surface area contributed by atoms with Gasteiger partial charge in [0.1, 0.15) is 0 Å². The predicted molar refractivity (Wildman–Crippen MR) is 119 cm³/mol. The first-order valence-corrected chi connectivity index (χ1v) is 9.61. The Morgan fingerprint density at radius 2 is 1.41 bits per heavy atom. The highest BCUT2D eigenvalue weighted by atomic mass is 16.2. The van der Waals surface area contributed by atoms with Gasteiger partial charge in [-0.25, -0.2) is 0 Å². The lowest BCUT2D eigenvalue weighted by Crippen LogP contribution is -2.25. The van der Waals surface area contributed by atoms with E-state index < -0.39 is 0 Å². The van der Waals surface area contributed by atoms with Gasteiger partial charge in [0.2, 0.25) is 0 Å². The first kappa shape index (κ1) is 18.5. The van der Waals surface area contributed by atoms with Crippen LogP contribution in [0.2, 0.25) is 0 Å². The second-order valence-corrected chi connectivity index (χ2v) is 6.83. The zero-order valence-corrected chi connectivity index (χ0v) is 16.0. The number of hydrogen-bond donors (Lipinski definition) is 0. The third-order valence-corrected chi connectivity index (χ3v) is 4.73. The van der Waals surface area contributed by atoms with Crippen molar-refractivity contribution in [3.05, 3.63) is 132 Å². The van der Waals surface area contributed by atoms with Crippen LogP contribution in [0.1, 0.15) is 21.5 Å². The van der Waals surface area contributed by atoms with E-state index >= 15 is 0 Å². The van der Waals surface area contributed by atoms with Crippen molar-refractivity contribution in [2.75, 3.05) is 0 Å². The third-order valence-electron chi connectivity index (χ3n) is 4.73. The maximum atomic E-state index is 13.1. The van der Waals surface area contributed by atoms with Gasteiger partial charge >= 0.3 is 0 Å². The van der Waals surface area contributed by atoms with Gasteiger partial charge in [0.05, 0.1) is 12.7 Å². The van der Waals surface area contributed by atoms with E-state index in [9.17, 15) is 4.79 Å². The van der Waals surface area contributed by atoms with E-state index in [2.05, 4.69) is 36.1 Å². The van der Waals surface area contributed by atoms with Gasteiger partial charge in [0.15, 0.2) is 0 Å². The van der Waals surface area contributed by atoms with Gasteiger partial charge in [-0.1, -0.05) is 84.9 Å². The van der Waals surface area contributed by atoms with E-state index in [1.807, 2.05) is 78.9 Å². The Kier molecular flexibility index (Phi) is 5.66. The largest absolute Gasteiger partial charge is 0.303 e. The minimum atomic E-state index is -0.0484. The van der Waals surface area contributed by atoms with Crippen LogP contribution in [0.3, 0.4) is 0 Å². The highest BCUT2D eigenvalue weighted by molar-refractivity contribution is 5.95. The van der Waals surface area contributed by atoms with Gasteiger partial charge in [-0.15, -0.1) is 5.73 Å². The molecule has 0 N–H and O–H groups in total. The van der Waals surface area contributed by atoms with Crippen molar-refractivity contribution in [3.8, 4) is 0 Å². The van der Waals surface area contributed by atoms with Gasteiger partial charge in [0, 0.05) is 5.56 Å². The van der Waals surface area contributed by atoms with Crippen molar-refractivity contribution in [3.63, 3.8) is 0 Å². The fourth-order valence-corrected chi connectivity index (χ4v) is 3.23. The normalized spacial score (nSPS) is 10.2. The molecule has 0 saturated carbocycles. The van der Waals surface area contributed by atoms with Gasteiger partial charge in [-0.05, 0) is 46.2 Å². The Balaban J connectivity index is 1.65. The maximum absolute atomic E-state index is 13.1. The molecular weight excluding hydrogens is 354 g/mol. The first-order chi connectivity index (χ1) is 14.3. The molecule has 0 aromatic heterocycles. The van der Waals surface area contributed by atoms with Crippen LogP contribution < -0.4 is 0 Å². The molecule has 140 valence electrons. The summed E-state index contributed by atoms with van der Waals surface area (Å²) < 4.78 is 0. The Labute approximate surface area is 171 Å². The zero-order chi connectivity index (χ0) is 19.9. The highest BCUT2D eigenvalue weighted by Gasteiger charge is 2.13. The molecule has 2 heteroatoms. The smallest absolute Gasteiger partial charge is 0.258 e. The van der Waals surface area contributed by atoms with E-state index in [0.29, 0.717) is 12.1 Å². The summed E-state index contributed by atoms with van der Waals surface area (Å²) in [6.45, 7) is 0.480. The Morgan fingerprint density at radius 1 is 0.759 bits per heavy atom. The lowest BCUT2D eigenvalue weighted by atomic mass is 10.1. The second kappa shape index (κ2) is 8.88. The number of carbonyl (C=O) groups is 1. The van der Waals surface area contributed by atoms with Crippen LogP contribution in [-0.2, 0) is 6.54 Å². The molecule has 0 heterocycles. The van der Waals surface area contributed by atoms with Crippen LogP contribution in [0.4, 0.5) is 0 Å². The van der Waals surface area contributed by atoms with E-state index in [1.165, 1.54) is 10.8 Å². The van der Waals surface area contributed by atoms with Crippen molar-refractivity contribution < 1.29 is 4.79 Å². The number of carbonyl (C=O) groups excluding carboxylic acids is 1. The zero-order valence-electron chi connectivity index (χ0n) is 16.0. The van der Waals surface area contributed by atoms with Crippen LogP contribution in [0, 0.1) is 0 Å². The summed E-state index contributed by atoms with van der Waals surface area (Å²) in [4.78, 5) is 14.8. The minimum Gasteiger partial charge on any atom is -0.303 e. The first-order valence-electron chi connectivity index (χ1n) is 9.61. The summed E-state index contributed by atoms with van der Waals surface area (Å²) in [6, 6.07) is 33.9. The molecular formula is C27H21NO. The molecule has 0 atom stereocenters. The van der Waals surface area contributed by atoms with Crippen molar-refractivity contribution in [2.45, 2.75) is 6.54 Å². The number of amides is 1. The Bertz CT molecular complexity index is 1170. The number of benzene rings is 4. The fourth-order valence-electron chi connectivity index (χ4n) is 3.23. The van der Waals surface area contributed by atoms with Gasteiger partial charge < -0.3 is 4.90 Å². The van der Waals surface area contributed by atoms with Crippen LogP contribution >= 0.6 is 0 Å². The monoisotopic (exact) mass is 375 g/mol. The van der Waals surface area contributed by atoms with Crippen LogP contribution in [0.25, 0.3) is 16.8 Å². The molecule has 0 unspecified atom stereocenters. The van der Waals surface area contributed by atoms with Crippen molar-refractivity contribution in [1.82, 2.24) is 4.90 Å². The number of nitrogens with zero attached hydrogens (tertiary/aromatic N) is 1. The van der Waals surface area contributed by atoms with E-state index in [-0.39, 0.29) is 5.91 Å². The molecule has 4 aromatic rings. The molecule has 2 nitrogen and oxygen atoms in total. The molecule has 1 amide bonds. The molecule has 0 spiro atoms. The molecule has 0 aliphatic carbocycles.